The van der Waals surface area contributed by atoms with Crippen LogP contribution in [0.5, 0.6) is 0 Å². The maximum atomic E-state index is 4.43. The van der Waals surface area contributed by atoms with Gasteiger partial charge < -0.3 is 5.32 Å². The molecule has 0 amide bonds. The van der Waals surface area contributed by atoms with E-state index in [-0.39, 0.29) is 0 Å². The van der Waals surface area contributed by atoms with Crippen LogP contribution in [0.4, 0.5) is 5.82 Å². The molecule has 0 atom stereocenters. The van der Waals surface area contributed by atoms with Crippen molar-refractivity contribution in [3.63, 3.8) is 0 Å². The number of nitrogens with one attached hydrogen (secondary N) is 1. The SMILES string of the molecule is Cn1ncc2c(NCc3ccc(-n4ccnc4)nc3)ncnc21. The van der Waals surface area contributed by atoms with Crippen LogP contribution in [0, 0.1) is 0 Å². The average molecular weight is 306 g/mol. The van der Waals surface area contributed by atoms with Gasteiger partial charge in [0.2, 0.25) is 0 Å². The van der Waals surface area contributed by atoms with Gasteiger partial charge in [0.15, 0.2) is 5.65 Å². The van der Waals surface area contributed by atoms with E-state index in [0.717, 1.165) is 28.2 Å². The number of nitrogens with zero attached hydrogens (tertiary/aromatic N) is 7. The van der Waals surface area contributed by atoms with Crippen molar-refractivity contribution in [3.05, 3.63) is 55.1 Å². The Hall–Kier alpha value is -3.29. The van der Waals surface area contributed by atoms with E-state index < -0.39 is 0 Å². The lowest BCUT2D eigenvalue weighted by atomic mass is 10.2. The first-order valence-corrected chi connectivity index (χ1v) is 7.11. The van der Waals surface area contributed by atoms with Crippen molar-refractivity contribution < 1.29 is 0 Å². The van der Waals surface area contributed by atoms with Crippen molar-refractivity contribution in [2.45, 2.75) is 6.54 Å². The van der Waals surface area contributed by atoms with Crippen molar-refractivity contribution in [2.75, 3.05) is 5.32 Å². The molecule has 0 saturated heterocycles. The van der Waals surface area contributed by atoms with Gasteiger partial charge in [0.05, 0.1) is 11.6 Å². The predicted molar refractivity (Wildman–Crippen MR) is 85.0 cm³/mol. The molecule has 4 heterocycles. The summed E-state index contributed by atoms with van der Waals surface area (Å²) in [6, 6.07) is 3.98. The Bertz CT molecular complexity index is 924. The van der Waals surface area contributed by atoms with Gasteiger partial charge in [-0.15, -0.1) is 0 Å². The zero-order valence-electron chi connectivity index (χ0n) is 12.5. The summed E-state index contributed by atoms with van der Waals surface area (Å²) in [5, 5.41) is 8.41. The van der Waals surface area contributed by atoms with E-state index in [1.54, 1.807) is 23.4 Å². The van der Waals surface area contributed by atoms with E-state index in [4.69, 9.17) is 0 Å². The molecule has 0 spiro atoms. The molecular weight excluding hydrogens is 292 g/mol. The number of rotatable bonds is 4. The topological polar surface area (TPSA) is 86.3 Å². The van der Waals surface area contributed by atoms with Crippen LogP contribution in [0.3, 0.4) is 0 Å². The number of aromatic nitrogens is 7. The fraction of sp³-hybridized carbons (Fsp3) is 0.133. The molecule has 0 aliphatic heterocycles. The Morgan fingerprint density at radius 1 is 1.13 bits per heavy atom. The Kier molecular flexibility index (Phi) is 3.19. The number of fused-ring (bicyclic) bond motifs is 1. The van der Waals surface area contributed by atoms with Crippen LogP contribution in [0.1, 0.15) is 5.56 Å². The number of aryl methyl sites for hydroxylation is 1. The number of anilines is 1. The Labute approximate surface area is 131 Å². The van der Waals surface area contributed by atoms with Crippen LogP contribution < -0.4 is 5.32 Å². The van der Waals surface area contributed by atoms with Crippen molar-refractivity contribution in [2.24, 2.45) is 7.05 Å². The van der Waals surface area contributed by atoms with Gasteiger partial charge in [-0.1, -0.05) is 6.07 Å². The molecule has 8 nitrogen and oxygen atoms in total. The van der Waals surface area contributed by atoms with Crippen molar-refractivity contribution in [1.82, 2.24) is 34.3 Å². The standard InChI is InChI=1S/C15H14N8/c1-22-15-12(8-21-22)14(19-9-20-15)18-7-11-2-3-13(17-6-11)23-5-4-16-10-23/h2-6,8-10H,7H2,1H3,(H,18,19,20). The van der Waals surface area contributed by atoms with E-state index in [1.807, 2.05) is 36.1 Å². The zero-order valence-corrected chi connectivity index (χ0v) is 12.5. The average Bonchev–Trinajstić information content (AvgIpc) is 3.24. The number of hydrogen-bond acceptors (Lipinski definition) is 6. The van der Waals surface area contributed by atoms with Crippen LogP contribution in [0.25, 0.3) is 16.9 Å². The molecule has 23 heavy (non-hydrogen) atoms. The minimum Gasteiger partial charge on any atom is -0.365 e. The lowest BCUT2D eigenvalue weighted by Gasteiger charge is -2.07. The minimum absolute atomic E-state index is 0.623. The number of pyridine rings is 1. The molecule has 0 radical (unpaired) electrons. The van der Waals surface area contributed by atoms with Crippen molar-refractivity contribution >= 4 is 16.9 Å². The van der Waals surface area contributed by atoms with Gasteiger partial charge in [-0.25, -0.2) is 19.9 Å². The van der Waals surface area contributed by atoms with Gasteiger partial charge in [-0.2, -0.15) is 5.10 Å². The van der Waals surface area contributed by atoms with Crippen LogP contribution in [-0.4, -0.2) is 34.3 Å². The monoisotopic (exact) mass is 306 g/mol. The molecule has 1 N–H and O–H groups in total. The Morgan fingerprint density at radius 2 is 2.09 bits per heavy atom. The van der Waals surface area contributed by atoms with E-state index in [9.17, 15) is 0 Å². The second-order valence-corrected chi connectivity index (χ2v) is 5.08. The van der Waals surface area contributed by atoms with Gasteiger partial charge in [-0.3, -0.25) is 9.25 Å². The molecule has 4 rings (SSSR count). The highest BCUT2D eigenvalue weighted by Gasteiger charge is 2.07. The first kappa shape index (κ1) is 13.4. The van der Waals surface area contributed by atoms with Crippen LogP contribution in [-0.2, 0) is 13.6 Å². The summed E-state index contributed by atoms with van der Waals surface area (Å²) in [7, 11) is 1.86. The molecule has 0 fully saturated rings. The molecule has 4 aromatic rings. The van der Waals surface area contributed by atoms with Gasteiger partial charge in [-0.05, 0) is 11.6 Å². The molecule has 8 heteroatoms. The van der Waals surface area contributed by atoms with E-state index >= 15 is 0 Å². The van der Waals surface area contributed by atoms with E-state index in [1.165, 1.54) is 6.33 Å². The normalized spacial score (nSPS) is 11.0. The maximum absolute atomic E-state index is 4.43. The van der Waals surface area contributed by atoms with E-state index in [0.29, 0.717) is 6.54 Å². The van der Waals surface area contributed by atoms with Crippen LogP contribution in [0.2, 0.25) is 0 Å². The molecule has 0 unspecified atom stereocenters. The number of hydrogen-bond donors (Lipinski definition) is 1. The third-order valence-corrected chi connectivity index (χ3v) is 3.57. The first-order valence-electron chi connectivity index (χ1n) is 7.11. The van der Waals surface area contributed by atoms with Crippen molar-refractivity contribution in [1.29, 1.82) is 0 Å². The Balaban J connectivity index is 1.52. The first-order chi connectivity index (χ1) is 11.3. The minimum atomic E-state index is 0.623. The summed E-state index contributed by atoms with van der Waals surface area (Å²) in [5.74, 6) is 1.60. The molecule has 0 saturated carbocycles. The highest BCUT2D eigenvalue weighted by Crippen LogP contribution is 2.18. The van der Waals surface area contributed by atoms with Gasteiger partial charge >= 0.3 is 0 Å². The van der Waals surface area contributed by atoms with E-state index in [2.05, 4.69) is 30.4 Å². The van der Waals surface area contributed by atoms with Gasteiger partial charge in [0, 0.05) is 32.2 Å². The van der Waals surface area contributed by atoms with Gasteiger partial charge in [0.1, 0.15) is 24.3 Å². The third kappa shape index (κ3) is 2.50. The molecule has 4 aromatic heterocycles. The summed E-state index contributed by atoms with van der Waals surface area (Å²) < 4.78 is 3.59. The summed E-state index contributed by atoms with van der Waals surface area (Å²) in [5.41, 5.74) is 1.86. The fourth-order valence-electron chi connectivity index (χ4n) is 2.36. The summed E-state index contributed by atoms with van der Waals surface area (Å²) >= 11 is 0. The zero-order chi connectivity index (χ0) is 15.6. The summed E-state index contributed by atoms with van der Waals surface area (Å²) in [6.45, 7) is 0.623. The molecule has 0 aliphatic rings. The lowest BCUT2D eigenvalue weighted by Crippen LogP contribution is -2.04. The molecule has 0 aliphatic carbocycles. The maximum Gasteiger partial charge on any atom is 0.163 e. The van der Waals surface area contributed by atoms with Crippen LogP contribution >= 0.6 is 0 Å². The van der Waals surface area contributed by atoms with Crippen LogP contribution in [0.15, 0.2) is 49.6 Å². The molecule has 0 aromatic carbocycles. The lowest BCUT2D eigenvalue weighted by molar-refractivity contribution is 0.785. The third-order valence-electron chi connectivity index (χ3n) is 3.57. The number of imidazole rings is 1. The second-order valence-electron chi connectivity index (χ2n) is 5.08. The largest absolute Gasteiger partial charge is 0.365 e. The predicted octanol–water partition coefficient (Wildman–Crippen LogP) is 1.56. The molecular formula is C15H14N8. The van der Waals surface area contributed by atoms with Gasteiger partial charge in [0.25, 0.3) is 0 Å². The Morgan fingerprint density at radius 3 is 2.87 bits per heavy atom. The smallest absolute Gasteiger partial charge is 0.163 e. The molecule has 0 bridgehead atoms. The highest BCUT2D eigenvalue weighted by atomic mass is 15.3. The second kappa shape index (κ2) is 5.48. The quantitative estimate of drug-likeness (QED) is 0.615. The summed E-state index contributed by atoms with van der Waals surface area (Å²) in [6.07, 6.45) is 10.4. The summed E-state index contributed by atoms with van der Waals surface area (Å²) in [4.78, 5) is 17.0. The van der Waals surface area contributed by atoms with Crippen molar-refractivity contribution in [3.8, 4) is 5.82 Å². The highest BCUT2D eigenvalue weighted by molar-refractivity contribution is 5.85. The molecule has 114 valence electrons. The fourth-order valence-corrected chi connectivity index (χ4v) is 2.36.